The molecular weight excluding hydrogens is 194 g/mol. The van der Waals surface area contributed by atoms with Gasteiger partial charge in [0.1, 0.15) is 0 Å². The lowest BCUT2D eigenvalue weighted by molar-refractivity contribution is 0.160. The van der Waals surface area contributed by atoms with E-state index < -0.39 is 0 Å². The first-order chi connectivity index (χ1) is 7.36. The standard InChI is InChI=1S/C11H15NO3/c1-14-11-9(3-2-4-12-11)10-7-15-6-8(10)5-13/h2-4,8,10,13H,5-7H2,1H3. The van der Waals surface area contributed by atoms with Crippen molar-refractivity contribution in [2.24, 2.45) is 5.92 Å². The number of aliphatic hydroxyl groups excluding tert-OH is 1. The van der Waals surface area contributed by atoms with Crippen LogP contribution in [-0.2, 0) is 4.74 Å². The largest absolute Gasteiger partial charge is 0.481 e. The molecule has 4 nitrogen and oxygen atoms in total. The van der Waals surface area contributed by atoms with Gasteiger partial charge < -0.3 is 14.6 Å². The Morgan fingerprint density at radius 1 is 1.60 bits per heavy atom. The molecule has 0 spiro atoms. The molecule has 0 amide bonds. The van der Waals surface area contributed by atoms with Crippen LogP contribution in [0.15, 0.2) is 18.3 Å². The predicted molar refractivity (Wildman–Crippen MR) is 54.9 cm³/mol. The van der Waals surface area contributed by atoms with Crippen LogP contribution in [0, 0.1) is 5.92 Å². The van der Waals surface area contributed by atoms with E-state index in [0.717, 1.165) is 5.56 Å². The molecule has 1 saturated heterocycles. The topological polar surface area (TPSA) is 51.6 Å². The van der Waals surface area contributed by atoms with E-state index in [1.807, 2.05) is 12.1 Å². The molecular formula is C11H15NO3. The summed E-state index contributed by atoms with van der Waals surface area (Å²) >= 11 is 0. The molecule has 2 rings (SSSR count). The highest BCUT2D eigenvalue weighted by Gasteiger charge is 2.31. The Morgan fingerprint density at radius 2 is 2.47 bits per heavy atom. The van der Waals surface area contributed by atoms with Crippen molar-refractivity contribution in [1.82, 2.24) is 4.98 Å². The summed E-state index contributed by atoms with van der Waals surface area (Å²) in [6, 6.07) is 3.86. The summed E-state index contributed by atoms with van der Waals surface area (Å²) in [4.78, 5) is 4.15. The van der Waals surface area contributed by atoms with Gasteiger partial charge in [-0.15, -0.1) is 0 Å². The van der Waals surface area contributed by atoms with Crippen LogP contribution in [0.4, 0.5) is 0 Å². The molecule has 1 aromatic heterocycles. The maximum atomic E-state index is 9.22. The molecule has 1 aromatic rings. The zero-order chi connectivity index (χ0) is 10.7. The van der Waals surface area contributed by atoms with Crippen molar-refractivity contribution in [2.75, 3.05) is 26.9 Å². The molecule has 82 valence electrons. The van der Waals surface area contributed by atoms with Crippen LogP contribution >= 0.6 is 0 Å². The molecule has 0 bridgehead atoms. The van der Waals surface area contributed by atoms with Crippen LogP contribution in [0.2, 0.25) is 0 Å². The van der Waals surface area contributed by atoms with Gasteiger partial charge in [-0.05, 0) is 6.07 Å². The summed E-state index contributed by atoms with van der Waals surface area (Å²) in [5.74, 6) is 0.980. The van der Waals surface area contributed by atoms with E-state index in [1.54, 1.807) is 13.3 Å². The first-order valence-electron chi connectivity index (χ1n) is 5.04. The zero-order valence-corrected chi connectivity index (χ0v) is 8.72. The summed E-state index contributed by atoms with van der Waals surface area (Å²) < 4.78 is 10.6. The lowest BCUT2D eigenvalue weighted by Gasteiger charge is -2.17. The smallest absolute Gasteiger partial charge is 0.216 e. The third kappa shape index (κ3) is 1.96. The number of methoxy groups -OCH3 is 1. The maximum absolute atomic E-state index is 9.22. The Balaban J connectivity index is 2.27. The molecule has 0 saturated carbocycles. The molecule has 1 aliphatic heterocycles. The number of hydrogen-bond donors (Lipinski definition) is 1. The molecule has 2 atom stereocenters. The molecule has 4 heteroatoms. The third-order valence-corrected chi connectivity index (χ3v) is 2.83. The lowest BCUT2D eigenvalue weighted by atomic mass is 9.90. The summed E-state index contributed by atoms with van der Waals surface area (Å²) in [6.45, 7) is 1.38. The van der Waals surface area contributed by atoms with Crippen molar-refractivity contribution in [2.45, 2.75) is 5.92 Å². The Hall–Kier alpha value is -1.13. The van der Waals surface area contributed by atoms with Crippen molar-refractivity contribution in [3.05, 3.63) is 23.9 Å². The summed E-state index contributed by atoms with van der Waals surface area (Å²) in [5, 5.41) is 9.22. The first kappa shape index (κ1) is 10.4. The van der Waals surface area contributed by atoms with Crippen molar-refractivity contribution in [3.63, 3.8) is 0 Å². The Kier molecular flexibility index (Phi) is 3.18. The van der Waals surface area contributed by atoms with Crippen molar-refractivity contribution < 1.29 is 14.6 Å². The van der Waals surface area contributed by atoms with Crippen molar-refractivity contribution in [1.29, 1.82) is 0 Å². The molecule has 2 unspecified atom stereocenters. The van der Waals surface area contributed by atoms with Crippen LogP contribution in [-0.4, -0.2) is 37.0 Å². The third-order valence-electron chi connectivity index (χ3n) is 2.83. The van der Waals surface area contributed by atoms with E-state index in [9.17, 15) is 5.11 Å². The maximum Gasteiger partial charge on any atom is 0.216 e. The van der Waals surface area contributed by atoms with E-state index in [4.69, 9.17) is 9.47 Å². The van der Waals surface area contributed by atoms with Gasteiger partial charge in [0.2, 0.25) is 5.88 Å². The normalized spacial score (nSPS) is 25.5. The minimum absolute atomic E-state index is 0.142. The lowest BCUT2D eigenvalue weighted by Crippen LogP contribution is -2.15. The van der Waals surface area contributed by atoms with Gasteiger partial charge in [-0.1, -0.05) is 6.07 Å². The van der Waals surface area contributed by atoms with Gasteiger partial charge in [0.05, 0.1) is 20.3 Å². The van der Waals surface area contributed by atoms with Crippen LogP contribution in [0.3, 0.4) is 0 Å². The fraction of sp³-hybridized carbons (Fsp3) is 0.545. The molecule has 0 radical (unpaired) electrons. The molecule has 15 heavy (non-hydrogen) atoms. The van der Waals surface area contributed by atoms with Crippen LogP contribution in [0.25, 0.3) is 0 Å². The number of nitrogens with zero attached hydrogens (tertiary/aromatic N) is 1. The van der Waals surface area contributed by atoms with Gasteiger partial charge in [-0.2, -0.15) is 0 Å². The van der Waals surface area contributed by atoms with Gasteiger partial charge in [-0.3, -0.25) is 0 Å². The second kappa shape index (κ2) is 4.59. The van der Waals surface area contributed by atoms with Gasteiger partial charge in [-0.25, -0.2) is 4.98 Å². The summed E-state index contributed by atoms with van der Waals surface area (Å²) in [6.07, 6.45) is 1.70. The average Bonchev–Trinajstić information content (AvgIpc) is 2.76. The predicted octanol–water partition coefficient (Wildman–Crippen LogP) is 0.812. The first-order valence-corrected chi connectivity index (χ1v) is 5.04. The second-order valence-electron chi connectivity index (χ2n) is 3.69. The van der Waals surface area contributed by atoms with Crippen LogP contribution in [0.5, 0.6) is 5.88 Å². The quantitative estimate of drug-likeness (QED) is 0.800. The van der Waals surface area contributed by atoms with Crippen LogP contribution < -0.4 is 4.74 Å². The van der Waals surface area contributed by atoms with E-state index >= 15 is 0 Å². The monoisotopic (exact) mass is 209 g/mol. The van der Waals surface area contributed by atoms with Crippen LogP contribution in [0.1, 0.15) is 11.5 Å². The molecule has 1 aliphatic rings. The molecule has 0 aromatic carbocycles. The van der Waals surface area contributed by atoms with Gasteiger partial charge in [0, 0.05) is 30.2 Å². The number of pyridine rings is 1. The highest BCUT2D eigenvalue weighted by Crippen LogP contribution is 2.34. The van der Waals surface area contributed by atoms with Crippen molar-refractivity contribution >= 4 is 0 Å². The fourth-order valence-corrected chi connectivity index (χ4v) is 1.98. The Labute approximate surface area is 88.9 Å². The number of hydrogen-bond acceptors (Lipinski definition) is 4. The fourth-order valence-electron chi connectivity index (χ4n) is 1.98. The van der Waals surface area contributed by atoms with Gasteiger partial charge >= 0.3 is 0 Å². The molecule has 1 N–H and O–H groups in total. The van der Waals surface area contributed by atoms with Gasteiger partial charge in [0.15, 0.2) is 0 Å². The van der Waals surface area contributed by atoms with E-state index in [2.05, 4.69) is 4.98 Å². The number of aliphatic hydroxyl groups is 1. The number of ether oxygens (including phenoxy) is 2. The minimum atomic E-state index is 0.142. The number of aromatic nitrogens is 1. The van der Waals surface area contributed by atoms with E-state index in [0.29, 0.717) is 19.1 Å². The Morgan fingerprint density at radius 3 is 3.20 bits per heavy atom. The molecule has 1 fully saturated rings. The molecule has 2 heterocycles. The van der Waals surface area contributed by atoms with E-state index in [1.165, 1.54) is 0 Å². The van der Waals surface area contributed by atoms with Crippen molar-refractivity contribution in [3.8, 4) is 5.88 Å². The average molecular weight is 209 g/mol. The highest BCUT2D eigenvalue weighted by molar-refractivity contribution is 5.30. The van der Waals surface area contributed by atoms with Gasteiger partial charge in [0.25, 0.3) is 0 Å². The Bertz CT molecular complexity index is 329. The summed E-state index contributed by atoms with van der Waals surface area (Å²) in [5.41, 5.74) is 1.02. The second-order valence-corrected chi connectivity index (χ2v) is 3.69. The highest BCUT2D eigenvalue weighted by atomic mass is 16.5. The van der Waals surface area contributed by atoms with E-state index in [-0.39, 0.29) is 18.4 Å². The number of rotatable bonds is 3. The summed E-state index contributed by atoms with van der Waals surface area (Å²) in [7, 11) is 1.61. The SMILES string of the molecule is COc1ncccc1C1COCC1CO. The zero-order valence-electron chi connectivity index (χ0n) is 8.72. The minimum Gasteiger partial charge on any atom is -0.481 e. The molecule has 0 aliphatic carbocycles.